The first-order chi connectivity index (χ1) is 12.3. The molecule has 138 valence electrons. The Hall–Kier alpha value is -3.01. The van der Waals surface area contributed by atoms with Crippen molar-refractivity contribution in [2.75, 3.05) is 31.3 Å². The lowest BCUT2D eigenvalue weighted by Gasteiger charge is -2.22. The third-order valence-electron chi connectivity index (χ3n) is 3.28. The molecule has 1 aromatic heterocycles. The van der Waals surface area contributed by atoms with Gasteiger partial charge in [-0.1, -0.05) is 18.2 Å². The predicted molar refractivity (Wildman–Crippen MR) is 95.2 cm³/mol. The first-order valence-corrected chi connectivity index (χ1v) is 9.23. The lowest BCUT2D eigenvalue weighted by atomic mass is 10.1. The second kappa shape index (κ2) is 7.91. The van der Waals surface area contributed by atoms with Crippen molar-refractivity contribution in [3.63, 3.8) is 0 Å². The van der Waals surface area contributed by atoms with E-state index in [0.717, 1.165) is 10.6 Å². The van der Waals surface area contributed by atoms with Gasteiger partial charge < -0.3 is 9.47 Å². The smallest absolute Gasteiger partial charge is 0.323 e. The summed E-state index contributed by atoms with van der Waals surface area (Å²) in [6.45, 7) is 3.57. The molecule has 0 unspecified atom stereocenters. The predicted octanol–water partition coefficient (Wildman–Crippen LogP) is 1.07. The zero-order chi connectivity index (χ0) is 19.3. The van der Waals surface area contributed by atoms with E-state index in [1.165, 1.54) is 32.4 Å². The Morgan fingerprint density at radius 1 is 1.15 bits per heavy atom. The number of benzene rings is 1. The van der Waals surface area contributed by atoms with Gasteiger partial charge in [0.15, 0.2) is 0 Å². The fourth-order valence-corrected chi connectivity index (χ4v) is 3.05. The van der Waals surface area contributed by atoms with E-state index in [1.807, 2.05) is 0 Å². The zero-order valence-electron chi connectivity index (χ0n) is 14.5. The molecule has 9 nitrogen and oxygen atoms in total. The van der Waals surface area contributed by atoms with E-state index in [1.54, 1.807) is 12.1 Å². The summed E-state index contributed by atoms with van der Waals surface area (Å²) in [6.07, 6.45) is 2.48. The fourth-order valence-electron chi connectivity index (χ4n) is 2.16. The van der Waals surface area contributed by atoms with Crippen LogP contribution in [0.15, 0.2) is 36.9 Å². The molecule has 0 fully saturated rings. The largest absolute Gasteiger partial charge is 0.467 e. The molecule has 1 heterocycles. The molecule has 0 aliphatic rings. The number of ether oxygens (including phenoxy) is 2. The Kier molecular flexibility index (Phi) is 5.88. The van der Waals surface area contributed by atoms with Gasteiger partial charge in [-0.2, -0.15) is 9.97 Å². The Bertz CT molecular complexity index is 908. The van der Waals surface area contributed by atoms with E-state index in [0.29, 0.717) is 0 Å². The van der Waals surface area contributed by atoms with Crippen LogP contribution in [0.2, 0.25) is 0 Å². The lowest BCUT2D eigenvalue weighted by Crippen LogP contribution is -2.31. The molecule has 0 saturated carbocycles. The van der Waals surface area contributed by atoms with Gasteiger partial charge in [0, 0.05) is 0 Å². The van der Waals surface area contributed by atoms with E-state index < -0.39 is 15.8 Å². The van der Waals surface area contributed by atoms with Gasteiger partial charge in [0.2, 0.25) is 21.6 Å². The number of hydrogen-bond acceptors (Lipinski definition) is 8. The molecular weight excluding hydrogens is 360 g/mol. The van der Waals surface area contributed by atoms with Gasteiger partial charge in [-0.25, -0.2) is 8.42 Å². The molecular formula is C16H18N4O5S. The van der Waals surface area contributed by atoms with Crippen LogP contribution in [0.25, 0.3) is 0 Å². The number of hydrogen-bond donors (Lipinski definition) is 0. The number of rotatable bonds is 8. The van der Waals surface area contributed by atoms with Crippen LogP contribution in [0.1, 0.15) is 16.2 Å². The van der Waals surface area contributed by atoms with E-state index in [9.17, 15) is 13.2 Å². The minimum atomic E-state index is -3.64. The SMILES string of the molecule is C=CCN(c1ccccc1C(=O)c1nc(OC)nc(OC)n1)S(C)(=O)=O. The van der Waals surface area contributed by atoms with Crippen LogP contribution in [0.3, 0.4) is 0 Å². The molecule has 0 aliphatic heterocycles. The maximum atomic E-state index is 12.9. The summed E-state index contributed by atoms with van der Waals surface area (Å²) < 4.78 is 35.2. The number of carbonyl (C=O) groups is 1. The third-order valence-corrected chi connectivity index (χ3v) is 4.42. The first kappa shape index (κ1) is 19.3. The van der Waals surface area contributed by atoms with E-state index in [4.69, 9.17) is 9.47 Å². The quantitative estimate of drug-likeness (QED) is 0.495. The van der Waals surface area contributed by atoms with Crippen molar-refractivity contribution in [1.82, 2.24) is 15.0 Å². The van der Waals surface area contributed by atoms with Crippen LogP contribution in [-0.2, 0) is 10.0 Å². The monoisotopic (exact) mass is 378 g/mol. The maximum absolute atomic E-state index is 12.9. The average Bonchev–Trinajstić information content (AvgIpc) is 2.64. The first-order valence-electron chi connectivity index (χ1n) is 7.38. The van der Waals surface area contributed by atoms with Crippen LogP contribution >= 0.6 is 0 Å². The Balaban J connectivity index is 2.60. The molecule has 10 heteroatoms. The van der Waals surface area contributed by atoms with Crippen LogP contribution in [0.5, 0.6) is 12.0 Å². The topological polar surface area (TPSA) is 112 Å². The minimum Gasteiger partial charge on any atom is -0.467 e. The molecule has 0 aliphatic carbocycles. The van der Waals surface area contributed by atoms with Crippen molar-refractivity contribution in [2.45, 2.75) is 0 Å². The highest BCUT2D eigenvalue weighted by Gasteiger charge is 2.25. The summed E-state index contributed by atoms with van der Waals surface area (Å²) in [5.41, 5.74) is 0.299. The standard InChI is InChI=1S/C16H18N4O5S/c1-5-10-20(26(4,22)23)12-9-7-6-8-11(12)13(21)14-17-15(24-2)19-16(18-14)25-3/h5-9H,1,10H2,2-4H3. The van der Waals surface area contributed by atoms with Crippen molar-refractivity contribution in [3.05, 3.63) is 48.3 Å². The van der Waals surface area contributed by atoms with Crippen molar-refractivity contribution >= 4 is 21.5 Å². The Morgan fingerprint density at radius 2 is 1.73 bits per heavy atom. The molecule has 0 amide bonds. The van der Waals surface area contributed by atoms with Crippen molar-refractivity contribution < 1.29 is 22.7 Å². The Labute approximate surface area is 151 Å². The summed E-state index contributed by atoms with van der Waals surface area (Å²) in [5.74, 6) is -0.828. The Morgan fingerprint density at radius 3 is 2.23 bits per heavy atom. The van der Waals surface area contributed by atoms with Crippen LogP contribution in [-0.4, -0.2) is 56.2 Å². The highest BCUT2D eigenvalue weighted by molar-refractivity contribution is 7.92. The lowest BCUT2D eigenvalue weighted by molar-refractivity contribution is 0.102. The van der Waals surface area contributed by atoms with Crippen LogP contribution in [0, 0.1) is 0 Å². The highest BCUT2D eigenvalue weighted by atomic mass is 32.2. The number of ketones is 1. The number of carbonyl (C=O) groups excluding carboxylic acids is 1. The summed E-state index contributed by atoms with van der Waals surface area (Å²) in [7, 11) is -0.957. The molecule has 0 N–H and O–H groups in total. The molecule has 1 aromatic carbocycles. The van der Waals surface area contributed by atoms with Gasteiger partial charge >= 0.3 is 12.0 Å². The second-order valence-corrected chi connectivity index (χ2v) is 6.97. The van der Waals surface area contributed by atoms with Gasteiger partial charge in [0.05, 0.1) is 38.3 Å². The van der Waals surface area contributed by atoms with Crippen molar-refractivity contribution in [3.8, 4) is 12.0 Å². The summed E-state index contributed by atoms with van der Waals surface area (Å²) >= 11 is 0. The molecule has 0 spiro atoms. The van der Waals surface area contributed by atoms with Crippen LogP contribution < -0.4 is 13.8 Å². The van der Waals surface area contributed by atoms with Crippen molar-refractivity contribution in [2.24, 2.45) is 0 Å². The highest BCUT2D eigenvalue weighted by Crippen LogP contribution is 2.25. The molecule has 0 atom stereocenters. The molecule has 26 heavy (non-hydrogen) atoms. The number of aromatic nitrogens is 3. The molecule has 2 aromatic rings. The van der Waals surface area contributed by atoms with E-state index in [-0.39, 0.29) is 35.6 Å². The minimum absolute atomic E-state index is 0.00692. The summed E-state index contributed by atoms with van der Waals surface area (Å²) in [6, 6.07) is 6.06. The normalized spacial score (nSPS) is 10.9. The average molecular weight is 378 g/mol. The summed E-state index contributed by atoms with van der Waals surface area (Å²) in [5, 5.41) is 0. The number of para-hydroxylation sites is 1. The fraction of sp³-hybridized carbons (Fsp3) is 0.250. The zero-order valence-corrected chi connectivity index (χ0v) is 15.4. The number of anilines is 1. The summed E-state index contributed by atoms with van der Waals surface area (Å²) in [4.78, 5) is 24.6. The molecule has 0 bridgehead atoms. The third kappa shape index (κ3) is 4.14. The van der Waals surface area contributed by atoms with Gasteiger partial charge in [0.1, 0.15) is 0 Å². The number of methoxy groups -OCH3 is 2. The second-order valence-electron chi connectivity index (χ2n) is 5.06. The van der Waals surface area contributed by atoms with Crippen molar-refractivity contribution in [1.29, 1.82) is 0 Å². The van der Waals surface area contributed by atoms with Gasteiger partial charge in [-0.05, 0) is 12.1 Å². The van der Waals surface area contributed by atoms with Crippen LogP contribution in [0.4, 0.5) is 5.69 Å². The molecule has 0 radical (unpaired) electrons. The van der Waals surface area contributed by atoms with E-state index in [2.05, 4.69) is 21.5 Å². The van der Waals surface area contributed by atoms with E-state index >= 15 is 0 Å². The van der Waals surface area contributed by atoms with Gasteiger partial charge in [-0.3, -0.25) is 9.10 Å². The number of sulfonamides is 1. The molecule has 0 saturated heterocycles. The maximum Gasteiger partial charge on any atom is 0.323 e. The van der Waals surface area contributed by atoms with Gasteiger partial charge in [-0.15, -0.1) is 11.6 Å². The number of nitrogens with zero attached hydrogens (tertiary/aromatic N) is 4. The van der Waals surface area contributed by atoms with Gasteiger partial charge in [0.25, 0.3) is 0 Å². The molecule has 2 rings (SSSR count).